The predicted molar refractivity (Wildman–Crippen MR) is 118 cm³/mol. The van der Waals surface area contributed by atoms with Crippen LogP contribution in [-0.4, -0.2) is 30.7 Å². The van der Waals surface area contributed by atoms with Crippen molar-refractivity contribution in [3.63, 3.8) is 0 Å². The zero-order valence-electron chi connectivity index (χ0n) is 17.9. The number of carboxylic acid groups (broad SMARTS) is 1. The molecular weight excluding hydrogens is 416 g/mol. The number of aliphatic carboxylic acids is 1. The zero-order chi connectivity index (χ0) is 22.8. The van der Waals surface area contributed by atoms with E-state index in [0.29, 0.717) is 22.9 Å². The number of carboxylic acids is 1. The number of rotatable bonds is 8. The normalized spacial score (nSPS) is 13.0. The molecule has 3 rings (SSSR count). The van der Waals surface area contributed by atoms with E-state index in [2.05, 4.69) is 35.9 Å². The summed E-state index contributed by atoms with van der Waals surface area (Å²) in [4.78, 5) is 11.3. The molecule has 0 bridgehead atoms. The number of aromatic nitrogens is 1. The van der Waals surface area contributed by atoms with Crippen molar-refractivity contribution in [2.45, 2.75) is 44.6 Å². The first-order chi connectivity index (χ1) is 14.6. The van der Waals surface area contributed by atoms with Crippen molar-refractivity contribution in [1.29, 1.82) is 0 Å². The SMILES string of the molecule is CC(C)c1ccc(-c2cc(-c3ccc(S(=O)(=O)NC(C(=O)O)C(C)C)cc3)no2)cc1. The molecule has 0 fully saturated rings. The molecule has 3 aromatic rings. The monoisotopic (exact) mass is 442 g/mol. The van der Waals surface area contributed by atoms with Crippen LogP contribution >= 0.6 is 0 Å². The van der Waals surface area contributed by atoms with Gasteiger partial charge in [0.2, 0.25) is 10.0 Å². The Balaban J connectivity index is 1.80. The van der Waals surface area contributed by atoms with Gasteiger partial charge in [-0.1, -0.05) is 69.2 Å². The van der Waals surface area contributed by atoms with E-state index in [1.165, 1.54) is 17.7 Å². The highest BCUT2D eigenvalue weighted by molar-refractivity contribution is 7.89. The molecule has 0 aliphatic rings. The molecule has 164 valence electrons. The number of nitrogens with one attached hydrogen (secondary N) is 1. The van der Waals surface area contributed by atoms with E-state index >= 15 is 0 Å². The number of nitrogens with zero attached hydrogens (tertiary/aromatic N) is 1. The minimum Gasteiger partial charge on any atom is -0.480 e. The topological polar surface area (TPSA) is 110 Å². The molecule has 2 N–H and O–H groups in total. The Morgan fingerprint density at radius 2 is 1.55 bits per heavy atom. The highest BCUT2D eigenvalue weighted by Gasteiger charge is 2.28. The molecule has 1 unspecified atom stereocenters. The first-order valence-corrected chi connectivity index (χ1v) is 11.5. The van der Waals surface area contributed by atoms with Crippen LogP contribution in [0.5, 0.6) is 0 Å². The molecule has 0 aliphatic heterocycles. The van der Waals surface area contributed by atoms with Crippen LogP contribution in [0.2, 0.25) is 0 Å². The van der Waals surface area contributed by atoms with E-state index in [4.69, 9.17) is 4.52 Å². The summed E-state index contributed by atoms with van der Waals surface area (Å²) >= 11 is 0. The lowest BCUT2D eigenvalue weighted by Crippen LogP contribution is -2.44. The van der Waals surface area contributed by atoms with Gasteiger partial charge in [0.15, 0.2) is 5.76 Å². The second kappa shape index (κ2) is 9.03. The lowest BCUT2D eigenvalue weighted by atomic mass is 10.0. The summed E-state index contributed by atoms with van der Waals surface area (Å²) in [5.74, 6) is -0.554. The highest BCUT2D eigenvalue weighted by Crippen LogP contribution is 2.28. The maximum Gasteiger partial charge on any atom is 0.322 e. The molecule has 0 saturated heterocycles. The largest absolute Gasteiger partial charge is 0.480 e. The second-order valence-corrected chi connectivity index (χ2v) is 9.77. The number of carbonyl (C=O) groups is 1. The van der Waals surface area contributed by atoms with E-state index in [1.54, 1.807) is 32.0 Å². The molecule has 0 radical (unpaired) electrons. The Bertz CT molecular complexity index is 1150. The van der Waals surface area contributed by atoms with Crippen LogP contribution < -0.4 is 4.72 Å². The summed E-state index contributed by atoms with van der Waals surface area (Å²) in [5, 5.41) is 13.3. The van der Waals surface area contributed by atoms with E-state index in [1.807, 2.05) is 12.1 Å². The third kappa shape index (κ3) is 5.21. The molecular formula is C23H26N2O5S. The van der Waals surface area contributed by atoms with Crippen LogP contribution in [0.4, 0.5) is 0 Å². The fourth-order valence-corrected chi connectivity index (χ4v) is 4.43. The van der Waals surface area contributed by atoms with Gasteiger partial charge in [-0.3, -0.25) is 4.79 Å². The average Bonchev–Trinajstić information content (AvgIpc) is 3.22. The molecule has 0 aliphatic carbocycles. The Morgan fingerprint density at radius 3 is 2.06 bits per heavy atom. The molecule has 7 nitrogen and oxygen atoms in total. The van der Waals surface area contributed by atoms with Gasteiger partial charge < -0.3 is 9.63 Å². The number of hydrogen-bond acceptors (Lipinski definition) is 5. The standard InChI is InChI=1S/C23H26N2O5S/c1-14(2)16-5-7-18(8-6-16)21-13-20(24-30-21)17-9-11-19(12-10-17)31(28,29)25-22(15(3)4)23(26)27/h5-15,22,25H,1-4H3,(H,26,27). The highest BCUT2D eigenvalue weighted by atomic mass is 32.2. The van der Waals surface area contributed by atoms with Gasteiger partial charge in [-0.2, -0.15) is 4.72 Å². The number of benzene rings is 2. The number of sulfonamides is 1. The molecule has 2 aromatic carbocycles. The van der Waals surface area contributed by atoms with Crippen LogP contribution in [-0.2, 0) is 14.8 Å². The van der Waals surface area contributed by atoms with Crippen molar-refractivity contribution in [2.75, 3.05) is 0 Å². The lowest BCUT2D eigenvalue weighted by Gasteiger charge is -2.18. The lowest BCUT2D eigenvalue weighted by molar-refractivity contribution is -0.140. The van der Waals surface area contributed by atoms with Gasteiger partial charge in [-0.25, -0.2) is 8.42 Å². The van der Waals surface area contributed by atoms with Gasteiger partial charge in [0, 0.05) is 17.2 Å². The van der Waals surface area contributed by atoms with E-state index in [9.17, 15) is 18.3 Å². The van der Waals surface area contributed by atoms with Crippen molar-refractivity contribution in [3.8, 4) is 22.6 Å². The first kappa shape index (κ1) is 22.7. The molecule has 0 amide bonds. The van der Waals surface area contributed by atoms with E-state index < -0.39 is 28.0 Å². The minimum absolute atomic E-state index is 0.0175. The third-order valence-electron chi connectivity index (χ3n) is 5.05. The molecule has 31 heavy (non-hydrogen) atoms. The average molecular weight is 443 g/mol. The molecule has 1 aromatic heterocycles. The Morgan fingerprint density at radius 1 is 0.968 bits per heavy atom. The van der Waals surface area contributed by atoms with Crippen molar-refractivity contribution < 1.29 is 22.8 Å². The van der Waals surface area contributed by atoms with E-state index in [-0.39, 0.29) is 4.90 Å². The Kier molecular flexibility index (Phi) is 6.62. The summed E-state index contributed by atoms with van der Waals surface area (Å²) < 4.78 is 32.8. The number of hydrogen-bond donors (Lipinski definition) is 2. The third-order valence-corrected chi connectivity index (χ3v) is 6.50. The van der Waals surface area contributed by atoms with Crippen LogP contribution in [0.1, 0.15) is 39.2 Å². The van der Waals surface area contributed by atoms with Crippen LogP contribution in [0.25, 0.3) is 22.6 Å². The second-order valence-electron chi connectivity index (χ2n) is 8.06. The van der Waals surface area contributed by atoms with Gasteiger partial charge in [0.05, 0.1) is 4.90 Å². The molecule has 0 saturated carbocycles. The summed E-state index contributed by atoms with van der Waals surface area (Å²) in [6.45, 7) is 7.54. The first-order valence-electron chi connectivity index (χ1n) is 10.0. The fourth-order valence-electron chi connectivity index (χ4n) is 3.09. The smallest absolute Gasteiger partial charge is 0.322 e. The Labute approximate surface area is 182 Å². The van der Waals surface area contributed by atoms with Crippen molar-refractivity contribution >= 4 is 16.0 Å². The van der Waals surface area contributed by atoms with Crippen molar-refractivity contribution in [1.82, 2.24) is 9.88 Å². The molecule has 0 spiro atoms. The van der Waals surface area contributed by atoms with Gasteiger partial charge in [-0.15, -0.1) is 0 Å². The van der Waals surface area contributed by atoms with Gasteiger partial charge >= 0.3 is 5.97 Å². The van der Waals surface area contributed by atoms with Gasteiger partial charge in [0.25, 0.3) is 0 Å². The van der Waals surface area contributed by atoms with E-state index in [0.717, 1.165) is 5.56 Å². The molecule has 1 heterocycles. The van der Waals surface area contributed by atoms with Crippen molar-refractivity contribution in [2.24, 2.45) is 5.92 Å². The summed E-state index contributed by atoms with van der Waals surface area (Å²) in [6.07, 6.45) is 0. The Hall–Kier alpha value is -2.97. The van der Waals surface area contributed by atoms with Crippen LogP contribution in [0.3, 0.4) is 0 Å². The zero-order valence-corrected chi connectivity index (χ0v) is 18.7. The van der Waals surface area contributed by atoms with Crippen molar-refractivity contribution in [3.05, 3.63) is 60.2 Å². The fraction of sp³-hybridized carbons (Fsp3) is 0.304. The summed E-state index contributed by atoms with van der Waals surface area (Å²) in [6, 6.07) is 14.7. The predicted octanol–water partition coefficient (Wildman–Crippen LogP) is 4.52. The maximum absolute atomic E-state index is 12.6. The molecule has 8 heteroatoms. The summed E-state index contributed by atoms with van der Waals surface area (Å²) in [7, 11) is -3.97. The quantitative estimate of drug-likeness (QED) is 0.531. The summed E-state index contributed by atoms with van der Waals surface area (Å²) in [5.41, 5.74) is 3.40. The van der Waals surface area contributed by atoms with Crippen LogP contribution in [0.15, 0.2) is 64.0 Å². The van der Waals surface area contributed by atoms with Gasteiger partial charge in [-0.05, 0) is 29.5 Å². The minimum atomic E-state index is -3.97. The van der Waals surface area contributed by atoms with Gasteiger partial charge in [0.1, 0.15) is 11.7 Å². The molecule has 1 atom stereocenters. The maximum atomic E-state index is 12.6. The van der Waals surface area contributed by atoms with Crippen LogP contribution in [0, 0.1) is 5.92 Å².